The van der Waals surface area contributed by atoms with E-state index in [-0.39, 0.29) is 25.7 Å². The van der Waals surface area contributed by atoms with Gasteiger partial charge in [-0.15, -0.1) is 0 Å². The van der Waals surface area contributed by atoms with Crippen LogP contribution in [0.5, 0.6) is 0 Å². The summed E-state index contributed by atoms with van der Waals surface area (Å²) in [5, 5.41) is 10.6. The second-order valence-corrected chi connectivity index (χ2v) is 28.1. The van der Waals surface area contributed by atoms with Crippen LogP contribution in [0.3, 0.4) is 0 Å². The highest BCUT2D eigenvalue weighted by atomic mass is 31.2. The summed E-state index contributed by atoms with van der Waals surface area (Å²) in [6.45, 7) is 4.40. The van der Waals surface area contributed by atoms with Crippen LogP contribution in [0.25, 0.3) is 0 Å². The number of hydrogen-bond donors (Lipinski definition) is 3. The number of hydrogen-bond acceptors (Lipinski definition) is 15. The Kier molecular flexibility index (Phi) is 70.1. The van der Waals surface area contributed by atoms with Gasteiger partial charge in [0, 0.05) is 25.7 Å². The zero-order valence-corrected chi connectivity index (χ0v) is 65.0. The van der Waals surface area contributed by atoms with E-state index in [9.17, 15) is 43.2 Å². The Morgan fingerprint density at radius 3 is 0.882 bits per heavy atom. The zero-order valence-electron chi connectivity index (χ0n) is 63.2. The second-order valence-electron chi connectivity index (χ2n) is 25.2. The molecule has 580 valence electrons. The number of phosphoric acid groups is 2. The van der Waals surface area contributed by atoms with E-state index in [1.807, 2.05) is 18.2 Å². The molecule has 0 aromatic rings. The lowest BCUT2D eigenvalue weighted by Gasteiger charge is -2.21. The van der Waals surface area contributed by atoms with Crippen molar-refractivity contribution in [1.82, 2.24) is 0 Å². The molecule has 0 aliphatic rings. The van der Waals surface area contributed by atoms with Gasteiger partial charge in [-0.1, -0.05) is 263 Å². The highest BCUT2D eigenvalue weighted by Gasteiger charge is 2.30. The van der Waals surface area contributed by atoms with Crippen molar-refractivity contribution >= 4 is 39.5 Å². The van der Waals surface area contributed by atoms with Gasteiger partial charge >= 0.3 is 39.5 Å². The van der Waals surface area contributed by atoms with Crippen LogP contribution in [0, 0.1) is 0 Å². The van der Waals surface area contributed by atoms with Gasteiger partial charge in [0.25, 0.3) is 0 Å². The number of esters is 4. The maximum absolute atomic E-state index is 13.1. The van der Waals surface area contributed by atoms with E-state index in [1.54, 1.807) is 0 Å². The molecule has 0 spiro atoms. The highest BCUT2D eigenvalue weighted by Crippen LogP contribution is 2.45. The molecule has 0 aliphatic carbocycles. The summed E-state index contributed by atoms with van der Waals surface area (Å²) in [6.07, 6.45) is 85.3. The van der Waals surface area contributed by atoms with Crippen LogP contribution in [-0.2, 0) is 65.4 Å². The second kappa shape index (κ2) is 74.0. The monoisotopic (exact) mass is 1470 g/mol. The van der Waals surface area contributed by atoms with E-state index >= 15 is 0 Å². The van der Waals surface area contributed by atoms with Crippen LogP contribution < -0.4 is 0 Å². The van der Waals surface area contributed by atoms with Gasteiger partial charge in [-0.05, 0) is 154 Å². The average Bonchev–Trinajstić information content (AvgIpc) is 0.924. The van der Waals surface area contributed by atoms with Crippen molar-refractivity contribution in [2.24, 2.45) is 0 Å². The quantitative estimate of drug-likeness (QED) is 0.0169. The zero-order chi connectivity index (χ0) is 74.6. The summed E-state index contributed by atoms with van der Waals surface area (Å²) in [5.74, 6) is -2.33. The maximum atomic E-state index is 13.1. The van der Waals surface area contributed by atoms with E-state index in [2.05, 4.69) is 167 Å². The molecule has 0 fully saturated rings. The Bertz CT molecular complexity index is 2550. The molecule has 17 nitrogen and oxygen atoms in total. The van der Waals surface area contributed by atoms with Crippen molar-refractivity contribution in [3.8, 4) is 0 Å². The summed E-state index contributed by atoms with van der Waals surface area (Å²) in [5.41, 5.74) is 0. The van der Waals surface area contributed by atoms with Crippen LogP contribution in [0.15, 0.2) is 158 Å². The molecule has 0 aliphatic heterocycles. The molecular formula is C83H136O17P2. The Morgan fingerprint density at radius 2 is 0.549 bits per heavy atom. The Hall–Kier alpha value is -5.32. The normalized spacial score (nSPS) is 14.8. The van der Waals surface area contributed by atoms with Crippen LogP contribution in [-0.4, -0.2) is 96.7 Å². The fourth-order valence-electron chi connectivity index (χ4n) is 9.62. The molecule has 0 aromatic carbocycles. The van der Waals surface area contributed by atoms with Crippen LogP contribution in [0.4, 0.5) is 0 Å². The molecule has 0 radical (unpaired) electrons. The number of ether oxygens (including phenoxy) is 4. The number of rotatable bonds is 71. The molecule has 0 rings (SSSR count). The van der Waals surface area contributed by atoms with E-state index in [0.29, 0.717) is 32.1 Å². The number of phosphoric ester groups is 2. The first-order chi connectivity index (χ1) is 49.7. The van der Waals surface area contributed by atoms with E-state index < -0.39 is 97.5 Å². The molecule has 5 atom stereocenters. The van der Waals surface area contributed by atoms with Gasteiger partial charge in [0.1, 0.15) is 19.3 Å². The number of aliphatic hydroxyl groups is 1. The number of allylic oxidation sites excluding steroid dienone is 26. The Labute approximate surface area is 617 Å². The standard InChI is InChI=1S/C83H136O17P2/c1-5-9-13-17-21-25-29-33-36-37-38-39-42-45-48-52-56-60-64-68-81(86)94-74-79(100-83(88)70-66-62-58-54-50-46-41-35-31-27-23-19-15-11-7-3)76-98-102(91,92)96-72-77(84)71-95-101(89,90)97-75-78(99-82(87)69-65-61-57-53-49-43-32-28-24-20-16-12-8-4)73-93-80(85)67-63-59-55-51-47-44-40-34-30-26-22-18-14-10-6-2/h9,11,13,15-16,20-23,25-28,32-36,38-41,45,48,56,60,77-79,84H,5-8,10,12,14,17-19,24,29-31,37,42-44,46-47,49-55,57-59,61-76H2,1-4H3,(H,89,90)(H,91,92)/b13-9-,15-11-,20-16-,25-21-,26-22-,27-23-,32-28-,36-33-,39-38-,40-34-,41-35-,48-45-,60-56-. The maximum Gasteiger partial charge on any atom is 0.472 e. The molecule has 0 amide bonds. The fraction of sp³-hybridized carbons (Fsp3) is 0.639. The van der Waals surface area contributed by atoms with Gasteiger partial charge in [-0.25, -0.2) is 9.13 Å². The largest absolute Gasteiger partial charge is 0.472 e. The molecule has 102 heavy (non-hydrogen) atoms. The molecule has 0 bridgehead atoms. The van der Waals surface area contributed by atoms with Crippen molar-refractivity contribution in [1.29, 1.82) is 0 Å². The van der Waals surface area contributed by atoms with Crippen LogP contribution >= 0.6 is 15.6 Å². The molecule has 0 aromatic heterocycles. The predicted octanol–water partition coefficient (Wildman–Crippen LogP) is 22.4. The first-order valence-electron chi connectivity index (χ1n) is 38.7. The summed E-state index contributed by atoms with van der Waals surface area (Å²) in [7, 11) is -10.00. The number of carbonyl (C=O) groups is 4. The smallest absolute Gasteiger partial charge is 0.462 e. The minimum absolute atomic E-state index is 0.0266. The van der Waals surface area contributed by atoms with Gasteiger partial charge in [-0.3, -0.25) is 37.3 Å². The molecule has 0 heterocycles. The summed E-state index contributed by atoms with van der Waals surface area (Å²) in [4.78, 5) is 72.9. The fourth-order valence-corrected chi connectivity index (χ4v) is 11.2. The lowest BCUT2D eigenvalue weighted by atomic mass is 10.1. The third-order valence-electron chi connectivity index (χ3n) is 15.5. The third-order valence-corrected chi connectivity index (χ3v) is 17.4. The lowest BCUT2D eigenvalue weighted by molar-refractivity contribution is -0.161. The lowest BCUT2D eigenvalue weighted by Crippen LogP contribution is -2.30. The molecule has 0 saturated carbocycles. The van der Waals surface area contributed by atoms with E-state index in [4.69, 9.17) is 37.0 Å². The Balaban J connectivity index is 5.46. The SMILES string of the molecule is CC/C=C\C/C=C\C/C=C\C/C=C\C/C=C\C/C=C\CCC(=O)OCC(COP(=O)(O)OCC(O)COP(=O)(O)OCC(COC(=O)CCCCCCC/C=C\C/C=C\CCCCC)OC(=O)CCCCCCC/C=C\C/C=C\CCC)OC(=O)CCCCCCC/C=C\C/C=C\C/C=C\CC. The average molecular weight is 1470 g/mol. The highest BCUT2D eigenvalue weighted by molar-refractivity contribution is 7.47. The van der Waals surface area contributed by atoms with Crippen molar-refractivity contribution in [3.63, 3.8) is 0 Å². The first kappa shape index (κ1) is 96.7. The van der Waals surface area contributed by atoms with Crippen molar-refractivity contribution in [2.45, 2.75) is 303 Å². The summed E-state index contributed by atoms with van der Waals surface area (Å²) in [6, 6.07) is 0. The predicted molar refractivity (Wildman–Crippen MR) is 417 cm³/mol. The third kappa shape index (κ3) is 73.0. The topological polar surface area (TPSA) is 237 Å². The number of carbonyl (C=O) groups excluding carboxylic acids is 4. The van der Waals surface area contributed by atoms with Crippen molar-refractivity contribution in [3.05, 3.63) is 158 Å². The van der Waals surface area contributed by atoms with Crippen molar-refractivity contribution < 1.29 is 80.2 Å². The minimum atomic E-state index is -5.00. The van der Waals surface area contributed by atoms with Gasteiger partial charge in [0.15, 0.2) is 12.2 Å². The molecule has 0 saturated heterocycles. The molecule has 5 unspecified atom stereocenters. The summed E-state index contributed by atoms with van der Waals surface area (Å²) < 4.78 is 68.4. The van der Waals surface area contributed by atoms with Gasteiger partial charge in [0.05, 0.1) is 26.4 Å². The Morgan fingerprint density at radius 1 is 0.284 bits per heavy atom. The van der Waals surface area contributed by atoms with Gasteiger partial charge < -0.3 is 33.8 Å². The van der Waals surface area contributed by atoms with Gasteiger partial charge in [0.2, 0.25) is 0 Å². The van der Waals surface area contributed by atoms with E-state index in [1.165, 1.54) is 19.3 Å². The van der Waals surface area contributed by atoms with Crippen molar-refractivity contribution in [2.75, 3.05) is 39.6 Å². The van der Waals surface area contributed by atoms with E-state index in [0.717, 1.165) is 180 Å². The molecule has 19 heteroatoms. The number of unbranched alkanes of at least 4 members (excludes halogenated alkanes) is 19. The minimum Gasteiger partial charge on any atom is -0.462 e. The first-order valence-corrected chi connectivity index (χ1v) is 41.7. The summed E-state index contributed by atoms with van der Waals surface area (Å²) >= 11 is 0. The van der Waals surface area contributed by atoms with Crippen LogP contribution in [0.2, 0.25) is 0 Å². The number of aliphatic hydroxyl groups excluding tert-OH is 1. The molecular weight excluding hydrogens is 1330 g/mol. The van der Waals surface area contributed by atoms with Gasteiger partial charge in [-0.2, -0.15) is 0 Å². The molecule has 3 N–H and O–H groups in total. The van der Waals surface area contributed by atoms with Crippen LogP contribution in [0.1, 0.15) is 285 Å².